The van der Waals surface area contributed by atoms with Gasteiger partial charge in [0.15, 0.2) is 0 Å². The zero-order valence-corrected chi connectivity index (χ0v) is 17.6. The van der Waals surface area contributed by atoms with Crippen LogP contribution in [0.4, 0.5) is 0 Å². The van der Waals surface area contributed by atoms with Crippen LogP contribution in [-0.2, 0) is 22.3 Å². The minimum atomic E-state index is -3.39. The van der Waals surface area contributed by atoms with E-state index in [1.807, 2.05) is 52.9 Å². The third-order valence-electron chi connectivity index (χ3n) is 5.87. The van der Waals surface area contributed by atoms with E-state index in [1.165, 1.54) is 0 Å². The van der Waals surface area contributed by atoms with Gasteiger partial charge in [0.25, 0.3) is 5.91 Å². The van der Waals surface area contributed by atoms with Gasteiger partial charge in [0.05, 0.1) is 11.4 Å². The van der Waals surface area contributed by atoms with Gasteiger partial charge in [-0.1, -0.05) is 30.3 Å². The SMILES string of the molecule is CCN1CCCn2nc(C3CCCN(S(=O)(=O)Cc4ccccc4)C3)cc2C1=O. The fraction of sp³-hybridized carbons (Fsp3) is 0.524. The van der Waals surface area contributed by atoms with Crippen LogP contribution in [0.25, 0.3) is 0 Å². The molecule has 1 aromatic carbocycles. The first-order chi connectivity index (χ1) is 14.0. The first kappa shape index (κ1) is 20.1. The van der Waals surface area contributed by atoms with Crippen molar-refractivity contribution in [3.63, 3.8) is 0 Å². The number of aromatic nitrogens is 2. The van der Waals surface area contributed by atoms with Crippen molar-refractivity contribution in [3.05, 3.63) is 53.3 Å². The Morgan fingerprint density at radius 3 is 2.66 bits per heavy atom. The lowest BCUT2D eigenvalue weighted by Gasteiger charge is -2.31. The summed E-state index contributed by atoms with van der Waals surface area (Å²) in [6.45, 7) is 5.12. The van der Waals surface area contributed by atoms with Crippen molar-refractivity contribution in [1.82, 2.24) is 19.0 Å². The van der Waals surface area contributed by atoms with Gasteiger partial charge in [0.2, 0.25) is 10.0 Å². The smallest absolute Gasteiger partial charge is 0.272 e. The maximum absolute atomic E-state index is 12.9. The average molecular weight is 417 g/mol. The van der Waals surface area contributed by atoms with Crippen LogP contribution in [-0.4, -0.2) is 59.5 Å². The molecule has 7 nitrogen and oxygen atoms in total. The highest BCUT2D eigenvalue weighted by Gasteiger charge is 2.32. The topological polar surface area (TPSA) is 75.5 Å². The van der Waals surface area contributed by atoms with Gasteiger partial charge in [-0.15, -0.1) is 0 Å². The van der Waals surface area contributed by atoms with Crippen molar-refractivity contribution >= 4 is 15.9 Å². The molecule has 4 rings (SSSR count). The number of piperidine rings is 1. The molecule has 8 heteroatoms. The molecule has 0 radical (unpaired) electrons. The number of carbonyl (C=O) groups excluding carboxylic acids is 1. The van der Waals surface area contributed by atoms with Gasteiger partial charge in [-0.25, -0.2) is 12.7 Å². The molecule has 0 aliphatic carbocycles. The predicted octanol–water partition coefficient (Wildman–Crippen LogP) is 2.46. The summed E-state index contributed by atoms with van der Waals surface area (Å²) in [7, 11) is -3.39. The van der Waals surface area contributed by atoms with Gasteiger partial charge >= 0.3 is 0 Å². The second-order valence-electron chi connectivity index (χ2n) is 7.85. The molecule has 0 saturated carbocycles. The number of benzene rings is 1. The molecule has 1 amide bonds. The molecule has 2 aromatic rings. The van der Waals surface area contributed by atoms with Gasteiger partial charge in [0.1, 0.15) is 5.69 Å². The molecule has 1 fully saturated rings. The molecular weight excluding hydrogens is 388 g/mol. The van der Waals surface area contributed by atoms with E-state index in [0.29, 0.717) is 25.3 Å². The summed E-state index contributed by atoms with van der Waals surface area (Å²) >= 11 is 0. The number of amides is 1. The largest absolute Gasteiger partial charge is 0.338 e. The van der Waals surface area contributed by atoms with Gasteiger partial charge in [-0.2, -0.15) is 5.10 Å². The van der Waals surface area contributed by atoms with Gasteiger partial charge in [-0.05, 0) is 37.8 Å². The highest BCUT2D eigenvalue weighted by molar-refractivity contribution is 7.88. The molecule has 1 aromatic heterocycles. The second kappa shape index (κ2) is 8.28. The van der Waals surface area contributed by atoms with Gasteiger partial charge < -0.3 is 4.90 Å². The third kappa shape index (κ3) is 4.23. The summed E-state index contributed by atoms with van der Waals surface area (Å²) in [4.78, 5) is 14.6. The molecule has 3 heterocycles. The molecule has 29 heavy (non-hydrogen) atoms. The summed E-state index contributed by atoms with van der Waals surface area (Å²) in [5.74, 6) is 0.0641. The van der Waals surface area contributed by atoms with Crippen molar-refractivity contribution in [2.75, 3.05) is 26.2 Å². The van der Waals surface area contributed by atoms with E-state index < -0.39 is 10.0 Å². The molecule has 1 atom stereocenters. The van der Waals surface area contributed by atoms with E-state index in [0.717, 1.165) is 43.6 Å². The highest BCUT2D eigenvalue weighted by Crippen LogP contribution is 2.30. The molecule has 156 valence electrons. The second-order valence-corrected chi connectivity index (χ2v) is 9.82. The number of hydrogen-bond donors (Lipinski definition) is 0. The molecule has 1 unspecified atom stereocenters. The predicted molar refractivity (Wildman–Crippen MR) is 111 cm³/mol. The minimum Gasteiger partial charge on any atom is -0.338 e. The Balaban J connectivity index is 1.52. The van der Waals surface area contributed by atoms with E-state index in [2.05, 4.69) is 0 Å². The van der Waals surface area contributed by atoms with Crippen molar-refractivity contribution in [3.8, 4) is 0 Å². The fourth-order valence-electron chi connectivity index (χ4n) is 4.27. The number of rotatable bonds is 5. The molecule has 0 bridgehead atoms. The van der Waals surface area contributed by atoms with E-state index in [9.17, 15) is 13.2 Å². The van der Waals surface area contributed by atoms with Crippen LogP contribution in [0.1, 0.15) is 53.8 Å². The summed E-state index contributed by atoms with van der Waals surface area (Å²) in [5, 5.41) is 4.70. The maximum Gasteiger partial charge on any atom is 0.272 e. The van der Waals surface area contributed by atoms with Crippen molar-refractivity contribution in [2.24, 2.45) is 0 Å². The van der Waals surface area contributed by atoms with Gasteiger partial charge in [-0.3, -0.25) is 9.48 Å². The Bertz CT molecular complexity index is 971. The summed E-state index contributed by atoms with van der Waals surface area (Å²) < 4.78 is 29.3. The van der Waals surface area contributed by atoms with Crippen LogP contribution < -0.4 is 0 Å². The number of fused-ring (bicyclic) bond motifs is 1. The Morgan fingerprint density at radius 2 is 1.90 bits per heavy atom. The molecular formula is C21H28N4O3S. The van der Waals surface area contributed by atoms with Crippen LogP contribution in [0.5, 0.6) is 0 Å². The van der Waals surface area contributed by atoms with E-state index in [1.54, 1.807) is 4.31 Å². The molecule has 0 N–H and O–H groups in total. The minimum absolute atomic E-state index is 0.0181. The first-order valence-electron chi connectivity index (χ1n) is 10.4. The Morgan fingerprint density at radius 1 is 1.10 bits per heavy atom. The van der Waals surface area contributed by atoms with Crippen LogP contribution >= 0.6 is 0 Å². The number of hydrogen-bond acceptors (Lipinski definition) is 4. The van der Waals surface area contributed by atoms with Crippen molar-refractivity contribution in [2.45, 2.75) is 44.4 Å². The van der Waals surface area contributed by atoms with Gasteiger partial charge in [0, 0.05) is 38.6 Å². The Labute approximate surface area is 172 Å². The average Bonchev–Trinajstić information content (AvgIpc) is 3.09. The number of carbonyl (C=O) groups is 1. The third-order valence-corrected chi connectivity index (χ3v) is 7.69. The van der Waals surface area contributed by atoms with E-state index in [-0.39, 0.29) is 17.6 Å². The highest BCUT2D eigenvalue weighted by atomic mass is 32.2. The zero-order valence-electron chi connectivity index (χ0n) is 16.8. The lowest BCUT2D eigenvalue weighted by molar-refractivity contribution is 0.0766. The Hall–Kier alpha value is -2.19. The Kier molecular flexibility index (Phi) is 5.74. The maximum atomic E-state index is 12.9. The summed E-state index contributed by atoms with van der Waals surface area (Å²) in [6, 6.07) is 11.2. The molecule has 1 saturated heterocycles. The van der Waals surface area contributed by atoms with Crippen LogP contribution in [0, 0.1) is 0 Å². The van der Waals surface area contributed by atoms with Crippen LogP contribution in [0.3, 0.4) is 0 Å². The summed E-state index contributed by atoms with van der Waals surface area (Å²) in [6.07, 6.45) is 2.57. The lowest BCUT2D eigenvalue weighted by atomic mass is 9.96. The molecule has 2 aliphatic rings. The number of aryl methyl sites for hydroxylation is 1. The van der Waals surface area contributed by atoms with Crippen LogP contribution in [0.15, 0.2) is 36.4 Å². The van der Waals surface area contributed by atoms with Crippen molar-refractivity contribution < 1.29 is 13.2 Å². The fourth-order valence-corrected chi connectivity index (χ4v) is 5.88. The number of nitrogens with zero attached hydrogens (tertiary/aromatic N) is 4. The van der Waals surface area contributed by atoms with Crippen molar-refractivity contribution in [1.29, 1.82) is 0 Å². The van der Waals surface area contributed by atoms with E-state index in [4.69, 9.17) is 5.10 Å². The van der Waals surface area contributed by atoms with E-state index >= 15 is 0 Å². The lowest BCUT2D eigenvalue weighted by Crippen LogP contribution is -2.39. The zero-order chi connectivity index (χ0) is 20.4. The summed E-state index contributed by atoms with van der Waals surface area (Å²) in [5.41, 5.74) is 2.27. The standard InChI is InChI=1S/C21H28N4O3S/c1-2-23-11-7-13-25-20(21(23)26)14-19(22-25)18-10-6-12-24(15-18)29(27,28)16-17-8-4-3-5-9-17/h3-5,8-9,14,18H,2,6-7,10-13,15-16H2,1H3. The first-order valence-corrected chi connectivity index (χ1v) is 12.0. The monoisotopic (exact) mass is 416 g/mol. The van der Waals surface area contributed by atoms with Crippen LogP contribution in [0.2, 0.25) is 0 Å². The molecule has 0 spiro atoms. The normalized spacial score (nSPS) is 21.1. The molecule has 2 aliphatic heterocycles. The number of sulfonamides is 1. The quantitative estimate of drug-likeness (QED) is 0.750.